The van der Waals surface area contributed by atoms with Crippen molar-refractivity contribution in [2.75, 3.05) is 12.4 Å². The number of hydrogen-bond donors (Lipinski definition) is 1. The summed E-state index contributed by atoms with van der Waals surface area (Å²) >= 11 is 7.24. The molecule has 0 aromatic carbocycles. The van der Waals surface area contributed by atoms with Crippen molar-refractivity contribution in [3.05, 3.63) is 33.9 Å². The Morgan fingerprint density at radius 3 is 2.81 bits per heavy atom. The van der Waals surface area contributed by atoms with Crippen LogP contribution in [0.15, 0.2) is 24.5 Å². The lowest BCUT2D eigenvalue weighted by molar-refractivity contribution is 0.398. The van der Waals surface area contributed by atoms with Crippen LogP contribution in [-0.4, -0.2) is 17.1 Å². The van der Waals surface area contributed by atoms with E-state index in [1.807, 2.05) is 6.07 Å². The predicted octanol–water partition coefficient (Wildman–Crippen LogP) is 2.81. The molecule has 0 radical (unpaired) electrons. The molecule has 0 atom stereocenters. The van der Waals surface area contributed by atoms with Crippen LogP contribution < -0.4 is 10.1 Å². The quantitative estimate of drug-likeness (QED) is 0.913. The fourth-order valence-corrected chi connectivity index (χ4v) is 2.05. The molecule has 0 bridgehead atoms. The fourth-order valence-electron chi connectivity index (χ4n) is 1.15. The van der Waals surface area contributed by atoms with Gasteiger partial charge in [-0.25, -0.2) is 9.97 Å². The number of nitrogens with zero attached hydrogens (tertiary/aromatic N) is 2. The van der Waals surface area contributed by atoms with Crippen molar-refractivity contribution in [1.82, 2.24) is 9.97 Å². The van der Waals surface area contributed by atoms with Crippen LogP contribution >= 0.6 is 22.9 Å². The molecule has 0 spiro atoms. The molecule has 1 N–H and O–H groups in total. The smallest absolute Gasteiger partial charge is 0.213 e. The largest absolute Gasteiger partial charge is 0.481 e. The lowest BCUT2D eigenvalue weighted by Gasteiger charge is -2.04. The first-order valence-corrected chi connectivity index (χ1v) is 5.81. The zero-order chi connectivity index (χ0) is 11.4. The standard InChI is InChI=1S/C10H10ClN3OS/c1-15-9-3-2-7(4-13-9)12-6-10-14-5-8(11)16-10/h2-5,12H,6H2,1H3. The Kier molecular flexibility index (Phi) is 3.58. The van der Waals surface area contributed by atoms with Crippen LogP contribution in [0.2, 0.25) is 4.34 Å². The average Bonchev–Trinajstić information content (AvgIpc) is 2.73. The second-order valence-corrected chi connectivity index (χ2v) is 4.75. The van der Waals surface area contributed by atoms with Gasteiger partial charge in [-0.05, 0) is 6.07 Å². The van der Waals surface area contributed by atoms with E-state index >= 15 is 0 Å². The minimum absolute atomic E-state index is 0.600. The third-order valence-electron chi connectivity index (χ3n) is 1.91. The van der Waals surface area contributed by atoms with Gasteiger partial charge in [-0.15, -0.1) is 11.3 Å². The van der Waals surface area contributed by atoms with Gasteiger partial charge < -0.3 is 10.1 Å². The van der Waals surface area contributed by atoms with E-state index in [2.05, 4.69) is 15.3 Å². The van der Waals surface area contributed by atoms with Crippen molar-refractivity contribution in [2.45, 2.75) is 6.54 Å². The highest BCUT2D eigenvalue weighted by Gasteiger charge is 2.00. The van der Waals surface area contributed by atoms with Crippen LogP contribution in [0.4, 0.5) is 5.69 Å². The minimum atomic E-state index is 0.600. The number of anilines is 1. The van der Waals surface area contributed by atoms with E-state index < -0.39 is 0 Å². The summed E-state index contributed by atoms with van der Waals surface area (Å²) < 4.78 is 5.67. The van der Waals surface area contributed by atoms with Gasteiger partial charge in [-0.3, -0.25) is 0 Å². The molecule has 0 saturated heterocycles. The summed E-state index contributed by atoms with van der Waals surface area (Å²) in [5.74, 6) is 0.600. The summed E-state index contributed by atoms with van der Waals surface area (Å²) in [5, 5.41) is 4.14. The van der Waals surface area contributed by atoms with E-state index in [-0.39, 0.29) is 0 Å². The zero-order valence-electron chi connectivity index (χ0n) is 8.61. The molecule has 2 aromatic heterocycles. The van der Waals surface area contributed by atoms with Crippen molar-refractivity contribution < 1.29 is 4.74 Å². The van der Waals surface area contributed by atoms with Crippen LogP contribution in [0.3, 0.4) is 0 Å². The lowest BCUT2D eigenvalue weighted by atomic mass is 10.4. The average molecular weight is 256 g/mol. The van der Waals surface area contributed by atoms with Gasteiger partial charge in [-0.2, -0.15) is 0 Å². The van der Waals surface area contributed by atoms with Crippen LogP contribution in [0.5, 0.6) is 5.88 Å². The maximum Gasteiger partial charge on any atom is 0.213 e. The molecule has 0 saturated carbocycles. The molecule has 0 unspecified atom stereocenters. The number of pyridine rings is 1. The summed E-state index contributed by atoms with van der Waals surface area (Å²) in [7, 11) is 1.59. The second kappa shape index (κ2) is 5.14. The number of thiazole rings is 1. The first-order valence-electron chi connectivity index (χ1n) is 4.62. The highest BCUT2D eigenvalue weighted by atomic mass is 35.5. The Bertz CT molecular complexity index is 457. The van der Waals surface area contributed by atoms with Gasteiger partial charge in [0, 0.05) is 6.07 Å². The summed E-state index contributed by atoms with van der Waals surface area (Å²) in [6, 6.07) is 3.71. The molecule has 2 heterocycles. The van der Waals surface area contributed by atoms with Crippen molar-refractivity contribution in [3.8, 4) is 5.88 Å². The Hall–Kier alpha value is -1.33. The monoisotopic (exact) mass is 255 g/mol. The molecular weight excluding hydrogens is 246 g/mol. The molecule has 0 aliphatic heterocycles. The van der Waals surface area contributed by atoms with Crippen LogP contribution in [0.25, 0.3) is 0 Å². The fraction of sp³-hybridized carbons (Fsp3) is 0.200. The maximum atomic E-state index is 5.78. The Morgan fingerprint density at radius 1 is 1.38 bits per heavy atom. The van der Waals surface area contributed by atoms with Gasteiger partial charge in [0.05, 0.1) is 31.7 Å². The highest BCUT2D eigenvalue weighted by molar-refractivity contribution is 7.15. The molecule has 84 valence electrons. The van der Waals surface area contributed by atoms with Gasteiger partial charge in [0.2, 0.25) is 5.88 Å². The minimum Gasteiger partial charge on any atom is -0.481 e. The van der Waals surface area contributed by atoms with E-state index in [0.29, 0.717) is 16.8 Å². The number of hydrogen-bond acceptors (Lipinski definition) is 5. The summed E-state index contributed by atoms with van der Waals surface area (Å²) in [5.41, 5.74) is 0.923. The summed E-state index contributed by atoms with van der Waals surface area (Å²) in [6.45, 7) is 0.644. The van der Waals surface area contributed by atoms with Crippen LogP contribution in [-0.2, 0) is 6.54 Å². The van der Waals surface area contributed by atoms with Crippen LogP contribution in [0.1, 0.15) is 5.01 Å². The lowest BCUT2D eigenvalue weighted by Crippen LogP contribution is -1.99. The SMILES string of the molecule is COc1ccc(NCc2ncc(Cl)s2)cn1. The molecule has 4 nitrogen and oxygen atoms in total. The van der Waals surface area contributed by atoms with Crippen molar-refractivity contribution in [3.63, 3.8) is 0 Å². The van der Waals surface area contributed by atoms with Crippen LogP contribution in [0, 0.1) is 0 Å². The predicted molar refractivity (Wildman–Crippen MR) is 65.2 cm³/mol. The molecule has 0 amide bonds. The van der Waals surface area contributed by atoms with Gasteiger partial charge >= 0.3 is 0 Å². The molecule has 16 heavy (non-hydrogen) atoms. The van der Waals surface area contributed by atoms with Gasteiger partial charge in [0.25, 0.3) is 0 Å². The van der Waals surface area contributed by atoms with Crippen molar-refractivity contribution >= 4 is 28.6 Å². The van der Waals surface area contributed by atoms with E-state index in [4.69, 9.17) is 16.3 Å². The van der Waals surface area contributed by atoms with E-state index in [1.165, 1.54) is 11.3 Å². The third kappa shape index (κ3) is 2.84. The Labute approximate surface area is 102 Å². The number of halogens is 1. The molecule has 6 heteroatoms. The van der Waals surface area contributed by atoms with Crippen molar-refractivity contribution in [1.29, 1.82) is 0 Å². The van der Waals surface area contributed by atoms with Gasteiger partial charge in [0.15, 0.2) is 0 Å². The number of nitrogens with one attached hydrogen (secondary N) is 1. The zero-order valence-corrected chi connectivity index (χ0v) is 10.2. The number of rotatable bonds is 4. The maximum absolute atomic E-state index is 5.78. The molecular formula is C10H10ClN3OS. The number of ether oxygens (including phenoxy) is 1. The molecule has 2 aromatic rings. The Balaban J connectivity index is 1.94. The van der Waals surface area contributed by atoms with E-state index in [1.54, 1.807) is 25.6 Å². The summed E-state index contributed by atoms with van der Waals surface area (Å²) in [4.78, 5) is 8.23. The molecule has 0 aliphatic rings. The van der Waals surface area contributed by atoms with Gasteiger partial charge in [0.1, 0.15) is 9.34 Å². The normalized spacial score (nSPS) is 10.1. The third-order valence-corrected chi connectivity index (χ3v) is 3.03. The van der Waals surface area contributed by atoms with Crippen molar-refractivity contribution in [2.24, 2.45) is 0 Å². The first kappa shape index (κ1) is 11.2. The second-order valence-electron chi connectivity index (χ2n) is 3.00. The molecule has 2 rings (SSSR count). The van der Waals surface area contributed by atoms with Gasteiger partial charge in [-0.1, -0.05) is 11.6 Å². The topological polar surface area (TPSA) is 47.0 Å². The Morgan fingerprint density at radius 2 is 2.25 bits per heavy atom. The van der Waals surface area contributed by atoms with E-state index in [0.717, 1.165) is 10.7 Å². The molecule has 0 aliphatic carbocycles. The number of aromatic nitrogens is 2. The molecule has 0 fully saturated rings. The summed E-state index contributed by atoms with van der Waals surface area (Å²) in [6.07, 6.45) is 3.36. The first-order chi connectivity index (χ1) is 7.78. The highest BCUT2D eigenvalue weighted by Crippen LogP contribution is 2.19. The van der Waals surface area contributed by atoms with E-state index in [9.17, 15) is 0 Å². The number of methoxy groups -OCH3 is 1.